The van der Waals surface area contributed by atoms with E-state index in [9.17, 15) is 14.7 Å². The van der Waals surface area contributed by atoms with Gasteiger partial charge in [-0.15, -0.1) is 0 Å². The Bertz CT molecular complexity index is 1250. The highest BCUT2D eigenvalue weighted by Gasteiger charge is 2.18. The van der Waals surface area contributed by atoms with Gasteiger partial charge in [-0.25, -0.2) is 9.97 Å². The summed E-state index contributed by atoms with van der Waals surface area (Å²) in [5, 5.41) is 15.4. The molecule has 0 atom stereocenters. The van der Waals surface area contributed by atoms with Crippen LogP contribution in [0.25, 0.3) is 32.9 Å². The molecule has 7 nitrogen and oxygen atoms in total. The van der Waals surface area contributed by atoms with Crippen LogP contribution in [0.5, 0.6) is 5.75 Å². The van der Waals surface area contributed by atoms with Crippen molar-refractivity contribution in [2.75, 3.05) is 13.7 Å². The number of esters is 1. The molecular weight excluding hydrogens is 370 g/mol. The first-order valence-electron chi connectivity index (χ1n) is 8.90. The number of amides is 1. The van der Waals surface area contributed by atoms with Gasteiger partial charge in [-0.2, -0.15) is 0 Å². The van der Waals surface area contributed by atoms with Crippen LogP contribution in [0.3, 0.4) is 0 Å². The molecular formula is C22H17N3O4. The van der Waals surface area contributed by atoms with E-state index in [1.165, 1.54) is 13.3 Å². The Kier molecular flexibility index (Phi) is 4.78. The molecule has 29 heavy (non-hydrogen) atoms. The number of nitrogens with one attached hydrogen (secondary N) is 1. The van der Waals surface area contributed by atoms with E-state index in [0.717, 1.165) is 22.0 Å². The predicted octanol–water partition coefficient (Wildman–Crippen LogP) is 3.06. The minimum absolute atomic E-state index is 0.180. The number of nitrogens with zero attached hydrogens (tertiary/aromatic N) is 2. The maximum atomic E-state index is 12.2. The summed E-state index contributed by atoms with van der Waals surface area (Å²) in [5.41, 5.74) is 1.97. The Labute approximate surface area is 166 Å². The lowest BCUT2D eigenvalue weighted by Crippen LogP contribution is -2.30. The molecule has 0 fully saturated rings. The van der Waals surface area contributed by atoms with Crippen LogP contribution in [0.15, 0.2) is 60.8 Å². The predicted molar refractivity (Wildman–Crippen MR) is 108 cm³/mol. The topological polar surface area (TPSA) is 101 Å². The normalized spacial score (nSPS) is 10.8. The Balaban J connectivity index is 1.72. The van der Waals surface area contributed by atoms with Crippen molar-refractivity contribution in [2.45, 2.75) is 0 Å². The molecule has 0 unspecified atom stereocenters. The monoisotopic (exact) mass is 387 g/mol. The van der Waals surface area contributed by atoms with Gasteiger partial charge in [0.05, 0.1) is 24.5 Å². The van der Waals surface area contributed by atoms with Crippen molar-refractivity contribution < 1.29 is 19.4 Å². The molecule has 0 spiro atoms. The number of carbonyl (C=O) groups is 2. The highest BCUT2D eigenvalue weighted by atomic mass is 16.5. The number of methoxy groups -OCH3 is 1. The number of aromatic hydroxyl groups is 1. The van der Waals surface area contributed by atoms with E-state index in [1.54, 1.807) is 12.1 Å². The fourth-order valence-electron chi connectivity index (χ4n) is 3.16. The molecule has 0 saturated heterocycles. The van der Waals surface area contributed by atoms with Crippen LogP contribution in [-0.2, 0) is 9.53 Å². The molecule has 7 heteroatoms. The van der Waals surface area contributed by atoms with E-state index < -0.39 is 11.9 Å². The molecule has 0 saturated carbocycles. The number of rotatable bonds is 4. The average Bonchev–Trinajstić information content (AvgIpc) is 2.76. The van der Waals surface area contributed by atoms with Crippen LogP contribution < -0.4 is 5.32 Å². The van der Waals surface area contributed by atoms with E-state index in [4.69, 9.17) is 0 Å². The first kappa shape index (κ1) is 18.4. The molecule has 0 radical (unpaired) electrons. The zero-order valence-electron chi connectivity index (χ0n) is 15.5. The van der Waals surface area contributed by atoms with Gasteiger partial charge in [-0.05, 0) is 22.9 Å². The zero-order chi connectivity index (χ0) is 20.4. The van der Waals surface area contributed by atoms with Crippen molar-refractivity contribution in [2.24, 2.45) is 0 Å². The lowest BCUT2D eigenvalue weighted by atomic mass is 10.0. The molecule has 0 aliphatic rings. The summed E-state index contributed by atoms with van der Waals surface area (Å²) in [6, 6.07) is 17.5. The maximum Gasteiger partial charge on any atom is 0.325 e. The van der Waals surface area contributed by atoms with E-state index in [1.807, 2.05) is 42.5 Å². The van der Waals surface area contributed by atoms with Gasteiger partial charge in [0.15, 0.2) is 11.4 Å². The lowest BCUT2D eigenvalue weighted by Gasteiger charge is -2.10. The minimum atomic E-state index is -0.673. The molecule has 2 aromatic heterocycles. The molecule has 2 aromatic carbocycles. The summed E-state index contributed by atoms with van der Waals surface area (Å²) in [7, 11) is 1.22. The molecule has 0 bridgehead atoms. The second-order valence-corrected chi connectivity index (χ2v) is 6.37. The van der Waals surface area contributed by atoms with Gasteiger partial charge in [-0.1, -0.05) is 42.5 Å². The third-order valence-corrected chi connectivity index (χ3v) is 4.62. The van der Waals surface area contributed by atoms with E-state index >= 15 is 0 Å². The van der Waals surface area contributed by atoms with Gasteiger partial charge < -0.3 is 15.2 Å². The summed E-state index contributed by atoms with van der Waals surface area (Å²) in [4.78, 5) is 32.0. The van der Waals surface area contributed by atoms with Crippen molar-refractivity contribution in [3.8, 4) is 17.0 Å². The van der Waals surface area contributed by atoms with Crippen molar-refractivity contribution in [3.63, 3.8) is 0 Å². The van der Waals surface area contributed by atoms with Crippen molar-refractivity contribution >= 4 is 33.6 Å². The van der Waals surface area contributed by atoms with Gasteiger partial charge in [-0.3, -0.25) is 9.59 Å². The smallest absolute Gasteiger partial charge is 0.325 e. The third kappa shape index (κ3) is 3.45. The largest absolute Gasteiger partial charge is 0.505 e. The van der Waals surface area contributed by atoms with Crippen molar-refractivity contribution in [3.05, 3.63) is 66.5 Å². The highest BCUT2D eigenvalue weighted by Crippen LogP contribution is 2.31. The second-order valence-electron chi connectivity index (χ2n) is 6.37. The van der Waals surface area contributed by atoms with Gasteiger partial charge in [0.2, 0.25) is 0 Å². The summed E-state index contributed by atoms with van der Waals surface area (Å²) in [6.07, 6.45) is 1.43. The maximum absolute atomic E-state index is 12.2. The summed E-state index contributed by atoms with van der Waals surface area (Å²) < 4.78 is 4.48. The van der Waals surface area contributed by atoms with Crippen LogP contribution in [0.1, 0.15) is 10.5 Å². The molecule has 144 valence electrons. The molecule has 4 rings (SSSR count). The van der Waals surface area contributed by atoms with Gasteiger partial charge >= 0.3 is 5.97 Å². The van der Waals surface area contributed by atoms with Crippen LogP contribution in [0.2, 0.25) is 0 Å². The highest BCUT2D eigenvalue weighted by molar-refractivity contribution is 6.02. The Morgan fingerprint density at radius 1 is 1.03 bits per heavy atom. The van der Waals surface area contributed by atoms with Gasteiger partial charge in [0.1, 0.15) is 6.54 Å². The van der Waals surface area contributed by atoms with Crippen LogP contribution in [0, 0.1) is 0 Å². The summed E-state index contributed by atoms with van der Waals surface area (Å²) in [6.45, 7) is -0.313. The number of aromatic nitrogens is 2. The number of ether oxygens (including phenoxy) is 1. The molecule has 2 heterocycles. The molecule has 4 aromatic rings. The number of hydrogen-bond donors (Lipinski definition) is 2. The fourth-order valence-corrected chi connectivity index (χ4v) is 3.16. The minimum Gasteiger partial charge on any atom is -0.505 e. The van der Waals surface area contributed by atoms with E-state index in [2.05, 4.69) is 20.0 Å². The van der Waals surface area contributed by atoms with E-state index in [0.29, 0.717) is 10.9 Å². The molecule has 0 aliphatic heterocycles. The Morgan fingerprint density at radius 3 is 2.66 bits per heavy atom. The average molecular weight is 387 g/mol. The Hall–Kier alpha value is -4.00. The van der Waals surface area contributed by atoms with Gasteiger partial charge in [0.25, 0.3) is 5.91 Å². The summed E-state index contributed by atoms with van der Waals surface area (Å²) >= 11 is 0. The third-order valence-electron chi connectivity index (χ3n) is 4.62. The SMILES string of the molecule is COC(=O)CNC(=O)c1ncc2nc(-c3cccc4ccccc34)ccc2c1O. The standard InChI is InChI=1S/C22H17N3O4/c1-29-19(26)12-24-22(28)20-21(27)16-9-10-17(25-18(16)11-23-20)15-8-4-6-13-5-2-3-7-14(13)15/h2-11,27H,12H2,1H3,(H,24,28). The van der Waals surface area contributed by atoms with Crippen molar-refractivity contribution in [1.29, 1.82) is 0 Å². The Morgan fingerprint density at radius 2 is 1.83 bits per heavy atom. The quantitative estimate of drug-likeness (QED) is 0.522. The molecule has 0 aliphatic carbocycles. The molecule has 2 N–H and O–H groups in total. The first-order chi connectivity index (χ1) is 14.1. The van der Waals surface area contributed by atoms with Crippen LogP contribution in [-0.4, -0.2) is 40.6 Å². The number of pyridine rings is 2. The number of fused-ring (bicyclic) bond motifs is 2. The number of benzene rings is 2. The van der Waals surface area contributed by atoms with Crippen LogP contribution >= 0.6 is 0 Å². The second kappa shape index (κ2) is 7.55. The van der Waals surface area contributed by atoms with Crippen molar-refractivity contribution in [1.82, 2.24) is 15.3 Å². The molecule has 1 amide bonds. The lowest BCUT2D eigenvalue weighted by molar-refractivity contribution is -0.139. The van der Waals surface area contributed by atoms with Crippen LogP contribution in [0.4, 0.5) is 0 Å². The first-order valence-corrected chi connectivity index (χ1v) is 8.90. The number of hydrogen-bond acceptors (Lipinski definition) is 6. The summed E-state index contributed by atoms with van der Waals surface area (Å²) in [5.74, 6) is -1.56. The fraction of sp³-hybridized carbons (Fsp3) is 0.0909. The number of carbonyl (C=O) groups excluding carboxylic acids is 2. The van der Waals surface area contributed by atoms with E-state index in [-0.39, 0.29) is 18.0 Å². The van der Waals surface area contributed by atoms with Gasteiger partial charge in [0, 0.05) is 10.9 Å². The zero-order valence-corrected chi connectivity index (χ0v) is 15.5.